The number of phenols is 1. The van der Waals surface area contributed by atoms with E-state index >= 15 is 0 Å². The predicted molar refractivity (Wildman–Crippen MR) is 57.2 cm³/mol. The molecule has 0 bridgehead atoms. The third kappa shape index (κ3) is 3.12. The topological polar surface area (TPSA) is 37.3 Å². The van der Waals surface area contributed by atoms with Crippen LogP contribution in [0.4, 0.5) is 13.2 Å². The summed E-state index contributed by atoms with van der Waals surface area (Å²) in [6.45, 7) is 1.49. The van der Waals surface area contributed by atoms with Gasteiger partial charge in [0.25, 0.3) is 0 Å². The average Bonchev–Trinajstić information content (AvgIpc) is 2.20. The Bertz CT molecular complexity index is 429. The summed E-state index contributed by atoms with van der Waals surface area (Å²) in [6.07, 6.45) is -4.08. The summed E-state index contributed by atoms with van der Waals surface area (Å²) in [5.74, 6) is -1.23. The summed E-state index contributed by atoms with van der Waals surface area (Å²) in [6, 6.07) is 1.63. The van der Waals surface area contributed by atoms with Crippen LogP contribution in [0.2, 0.25) is 5.02 Å². The van der Waals surface area contributed by atoms with Crippen LogP contribution < -0.4 is 0 Å². The summed E-state index contributed by atoms with van der Waals surface area (Å²) in [4.78, 5) is 10.3. The van der Waals surface area contributed by atoms with Crippen molar-refractivity contribution in [3.05, 3.63) is 28.3 Å². The maximum atomic E-state index is 12.7. The van der Waals surface area contributed by atoms with Gasteiger partial charge in [-0.2, -0.15) is 13.2 Å². The monoisotopic (exact) mass is 266 g/mol. The van der Waals surface area contributed by atoms with Crippen LogP contribution >= 0.6 is 11.6 Å². The first-order valence-corrected chi connectivity index (χ1v) is 5.18. The Balaban J connectivity index is 3.35. The molecule has 0 radical (unpaired) electrons. The lowest BCUT2D eigenvalue weighted by atomic mass is 9.93. The molecule has 0 fully saturated rings. The molecule has 1 unspecified atom stereocenters. The highest BCUT2D eigenvalue weighted by atomic mass is 35.5. The zero-order valence-corrected chi connectivity index (χ0v) is 9.64. The molecule has 0 saturated carbocycles. The lowest BCUT2D eigenvalue weighted by Crippen LogP contribution is -2.11. The van der Waals surface area contributed by atoms with Crippen molar-refractivity contribution >= 4 is 17.9 Å². The molecule has 1 N–H and O–H groups in total. The number of hydrogen-bond donors (Lipinski definition) is 1. The maximum absolute atomic E-state index is 12.7. The fourth-order valence-corrected chi connectivity index (χ4v) is 1.67. The number of halogens is 4. The molecule has 0 aromatic heterocycles. The summed E-state index contributed by atoms with van der Waals surface area (Å²) >= 11 is 5.57. The van der Waals surface area contributed by atoms with E-state index in [1.54, 1.807) is 0 Å². The van der Waals surface area contributed by atoms with Crippen molar-refractivity contribution in [3.63, 3.8) is 0 Å². The SMILES string of the molecule is CC(CC=O)c1cc(Cl)c(O)cc1C(F)(F)F. The van der Waals surface area contributed by atoms with Crippen molar-refractivity contribution in [2.24, 2.45) is 0 Å². The lowest BCUT2D eigenvalue weighted by Gasteiger charge is -2.17. The van der Waals surface area contributed by atoms with Crippen LogP contribution in [0, 0.1) is 0 Å². The predicted octanol–water partition coefficient (Wildman–Crippen LogP) is 3.76. The second-order valence-electron chi connectivity index (χ2n) is 3.69. The van der Waals surface area contributed by atoms with Crippen molar-refractivity contribution in [1.82, 2.24) is 0 Å². The number of rotatable bonds is 3. The Morgan fingerprint density at radius 2 is 2.06 bits per heavy atom. The average molecular weight is 267 g/mol. The van der Waals surface area contributed by atoms with Crippen molar-refractivity contribution in [3.8, 4) is 5.75 Å². The molecule has 2 nitrogen and oxygen atoms in total. The largest absolute Gasteiger partial charge is 0.506 e. The Hall–Kier alpha value is -1.23. The second kappa shape index (κ2) is 4.96. The molecule has 0 amide bonds. The number of phenolic OH excluding ortho intramolecular Hbond substituents is 1. The minimum atomic E-state index is -4.59. The highest BCUT2D eigenvalue weighted by molar-refractivity contribution is 6.32. The van der Waals surface area contributed by atoms with Crippen LogP contribution in [0.3, 0.4) is 0 Å². The molecule has 1 rings (SSSR count). The molecule has 1 aromatic rings. The van der Waals surface area contributed by atoms with E-state index in [0.717, 1.165) is 6.07 Å². The minimum absolute atomic E-state index is 0.0375. The number of aldehydes is 1. The van der Waals surface area contributed by atoms with Crippen molar-refractivity contribution in [2.45, 2.75) is 25.4 Å². The molecule has 0 heterocycles. The summed E-state index contributed by atoms with van der Waals surface area (Å²) in [7, 11) is 0. The van der Waals surface area contributed by atoms with Crippen LogP contribution in [-0.2, 0) is 11.0 Å². The Labute approximate surface area is 101 Å². The van der Waals surface area contributed by atoms with Crippen LogP contribution in [0.15, 0.2) is 12.1 Å². The smallest absolute Gasteiger partial charge is 0.416 e. The van der Waals surface area contributed by atoms with Crippen molar-refractivity contribution in [2.75, 3.05) is 0 Å². The second-order valence-corrected chi connectivity index (χ2v) is 4.10. The molecule has 1 atom stereocenters. The van der Waals surface area contributed by atoms with Gasteiger partial charge in [-0.25, -0.2) is 0 Å². The summed E-state index contributed by atoms with van der Waals surface area (Å²) < 4.78 is 38.2. The Kier molecular flexibility index (Phi) is 4.03. The van der Waals surface area contributed by atoms with E-state index in [2.05, 4.69) is 0 Å². The van der Waals surface area contributed by atoms with Gasteiger partial charge < -0.3 is 9.90 Å². The third-order valence-corrected chi connectivity index (χ3v) is 2.71. The molecular formula is C11H10ClF3O2. The van der Waals surface area contributed by atoms with E-state index in [1.165, 1.54) is 6.92 Å². The van der Waals surface area contributed by atoms with Crippen LogP contribution in [0.1, 0.15) is 30.4 Å². The number of carbonyl (C=O) groups excluding carboxylic acids is 1. The fraction of sp³-hybridized carbons (Fsp3) is 0.364. The molecule has 17 heavy (non-hydrogen) atoms. The molecule has 0 saturated heterocycles. The summed E-state index contributed by atoms with van der Waals surface area (Å²) in [5, 5.41) is 9.04. The normalized spacial score (nSPS) is 13.5. The Morgan fingerprint density at radius 3 is 2.53 bits per heavy atom. The van der Waals surface area contributed by atoms with E-state index in [0.29, 0.717) is 12.4 Å². The van der Waals surface area contributed by atoms with Gasteiger partial charge in [0.15, 0.2) is 0 Å². The molecule has 1 aromatic carbocycles. The first kappa shape index (κ1) is 13.8. The molecule has 0 aliphatic rings. The standard InChI is InChI=1S/C11H10ClF3O2/c1-6(2-3-16)7-4-9(12)10(17)5-8(7)11(13,14)15/h3-6,17H,2H2,1H3. The van der Waals surface area contributed by atoms with E-state index in [1.807, 2.05) is 0 Å². The number of alkyl halides is 3. The molecule has 0 spiro atoms. The Morgan fingerprint density at radius 1 is 1.47 bits per heavy atom. The molecule has 6 heteroatoms. The first-order chi connectivity index (χ1) is 7.77. The fourth-order valence-electron chi connectivity index (χ4n) is 1.50. The maximum Gasteiger partial charge on any atom is 0.416 e. The number of benzene rings is 1. The highest BCUT2D eigenvalue weighted by Gasteiger charge is 2.35. The zero-order valence-electron chi connectivity index (χ0n) is 8.88. The molecular weight excluding hydrogens is 257 g/mol. The van der Waals surface area contributed by atoms with Gasteiger partial charge in [0.05, 0.1) is 10.6 Å². The van der Waals surface area contributed by atoms with Crippen LogP contribution in [-0.4, -0.2) is 11.4 Å². The van der Waals surface area contributed by atoms with Gasteiger partial charge in [-0.05, 0) is 23.6 Å². The van der Waals surface area contributed by atoms with Gasteiger partial charge in [-0.15, -0.1) is 0 Å². The number of carbonyl (C=O) groups is 1. The zero-order chi connectivity index (χ0) is 13.2. The quantitative estimate of drug-likeness (QED) is 0.846. The van der Waals surface area contributed by atoms with E-state index in [-0.39, 0.29) is 17.0 Å². The van der Waals surface area contributed by atoms with Gasteiger partial charge in [0.1, 0.15) is 12.0 Å². The van der Waals surface area contributed by atoms with Crippen molar-refractivity contribution in [1.29, 1.82) is 0 Å². The van der Waals surface area contributed by atoms with Crippen LogP contribution in [0.25, 0.3) is 0 Å². The first-order valence-electron chi connectivity index (χ1n) is 4.80. The molecule has 0 aliphatic carbocycles. The van der Waals surface area contributed by atoms with Gasteiger partial charge in [-0.1, -0.05) is 18.5 Å². The van der Waals surface area contributed by atoms with Gasteiger partial charge in [-0.3, -0.25) is 0 Å². The van der Waals surface area contributed by atoms with Crippen LogP contribution in [0.5, 0.6) is 5.75 Å². The minimum Gasteiger partial charge on any atom is -0.506 e. The number of hydrogen-bond acceptors (Lipinski definition) is 2. The summed E-state index contributed by atoms with van der Waals surface area (Å²) in [5.41, 5.74) is -1.05. The highest BCUT2D eigenvalue weighted by Crippen LogP contribution is 2.40. The molecule has 94 valence electrons. The van der Waals surface area contributed by atoms with Gasteiger partial charge in [0.2, 0.25) is 0 Å². The van der Waals surface area contributed by atoms with Gasteiger partial charge in [0, 0.05) is 6.42 Å². The van der Waals surface area contributed by atoms with Crippen molar-refractivity contribution < 1.29 is 23.1 Å². The number of aromatic hydroxyl groups is 1. The third-order valence-electron chi connectivity index (χ3n) is 2.41. The van der Waals surface area contributed by atoms with Gasteiger partial charge >= 0.3 is 6.18 Å². The molecule has 0 aliphatic heterocycles. The van der Waals surface area contributed by atoms with E-state index in [4.69, 9.17) is 11.6 Å². The lowest BCUT2D eigenvalue weighted by molar-refractivity contribution is -0.138. The van der Waals surface area contributed by atoms with E-state index < -0.39 is 23.4 Å². The van der Waals surface area contributed by atoms with E-state index in [9.17, 15) is 23.1 Å².